The van der Waals surface area contributed by atoms with Gasteiger partial charge < -0.3 is 10.2 Å². The predicted octanol–water partition coefficient (Wildman–Crippen LogP) is 7.05. The molecule has 4 aromatic rings. The summed E-state index contributed by atoms with van der Waals surface area (Å²) in [7, 11) is -4.29. The number of rotatable bonds is 13. The Kier molecular flexibility index (Phi) is 11.7. The van der Waals surface area contributed by atoms with Gasteiger partial charge in [-0.15, -0.1) is 0 Å². The molecule has 7 nitrogen and oxygen atoms in total. The van der Waals surface area contributed by atoms with Crippen molar-refractivity contribution < 1.29 is 18.0 Å². The normalized spacial score (nSPS) is 12.6. The summed E-state index contributed by atoms with van der Waals surface area (Å²) >= 11 is 12.9. The number of carbonyl (C=O) groups is 2. The lowest BCUT2D eigenvalue weighted by Crippen LogP contribution is -2.54. The van der Waals surface area contributed by atoms with E-state index in [0.717, 1.165) is 21.0 Å². The summed E-state index contributed by atoms with van der Waals surface area (Å²) in [5.74, 6) is -0.901. The van der Waals surface area contributed by atoms with Gasteiger partial charge in [0, 0.05) is 19.0 Å². The van der Waals surface area contributed by atoms with E-state index in [9.17, 15) is 18.0 Å². The second kappa shape index (κ2) is 15.4. The zero-order valence-electron chi connectivity index (χ0n) is 25.5. The molecule has 0 aliphatic heterocycles. The van der Waals surface area contributed by atoms with E-state index in [-0.39, 0.29) is 45.5 Å². The molecule has 10 heteroatoms. The molecule has 4 aromatic carbocycles. The van der Waals surface area contributed by atoms with E-state index in [1.54, 1.807) is 30.3 Å². The van der Waals surface area contributed by atoms with E-state index < -0.39 is 28.5 Å². The maximum absolute atomic E-state index is 14.6. The topological polar surface area (TPSA) is 86.8 Å². The summed E-state index contributed by atoms with van der Waals surface area (Å²) in [6.45, 7) is 5.26. The summed E-state index contributed by atoms with van der Waals surface area (Å²) in [4.78, 5) is 30.0. The molecule has 2 amide bonds. The fraction of sp³-hybridized carbons (Fsp3) is 0.257. The number of nitrogens with zero attached hydrogens (tertiary/aromatic N) is 2. The highest BCUT2D eigenvalue weighted by molar-refractivity contribution is 7.92. The third-order valence-electron chi connectivity index (χ3n) is 7.68. The molecule has 0 unspecified atom stereocenters. The Morgan fingerprint density at radius 2 is 1.47 bits per heavy atom. The van der Waals surface area contributed by atoms with E-state index in [1.807, 2.05) is 75.4 Å². The van der Waals surface area contributed by atoms with Crippen LogP contribution < -0.4 is 9.62 Å². The highest BCUT2D eigenvalue weighted by Crippen LogP contribution is 2.35. The van der Waals surface area contributed by atoms with Crippen molar-refractivity contribution in [3.63, 3.8) is 0 Å². The van der Waals surface area contributed by atoms with Crippen molar-refractivity contribution in [3.8, 4) is 0 Å². The molecule has 0 bridgehead atoms. The number of hydrogen-bond donors (Lipinski definition) is 1. The van der Waals surface area contributed by atoms with Crippen molar-refractivity contribution in [1.29, 1.82) is 0 Å². The minimum atomic E-state index is -4.29. The molecule has 0 aromatic heterocycles. The molecule has 0 saturated heterocycles. The quantitative estimate of drug-likeness (QED) is 0.166. The average molecular weight is 667 g/mol. The molecule has 2 atom stereocenters. The Hall–Kier alpha value is -3.85. The molecule has 0 aliphatic carbocycles. The number of sulfonamides is 1. The average Bonchev–Trinajstić information content (AvgIpc) is 3.04. The molecular weight excluding hydrogens is 629 g/mol. The first kappa shape index (κ1) is 34.0. The number of amides is 2. The lowest BCUT2D eigenvalue weighted by Gasteiger charge is -2.34. The first-order valence-electron chi connectivity index (χ1n) is 14.7. The first-order valence-corrected chi connectivity index (χ1v) is 16.9. The van der Waals surface area contributed by atoms with Crippen LogP contribution >= 0.6 is 23.2 Å². The lowest BCUT2D eigenvalue weighted by molar-refractivity contribution is -0.140. The highest BCUT2D eigenvalue weighted by Gasteiger charge is 2.35. The van der Waals surface area contributed by atoms with Crippen molar-refractivity contribution in [1.82, 2.24) is 10.2 Å². The van der Waals surface area contributed by atoms with E-state index in [4.69, 9.17) is 23.2 Å². The van der Waals surface area contributed by atoms with Crippen LogP contribution in [0.4, 0.5) is 5.69 Å². The Morgan fingerprint density at radius 3 is 2.11 bits per heavy atom. The zero-order valence-corrected chi connectivity index (χ0v) is 27.8. The van der Waals surface area contributed by atoms with Crippen LogP contribution in [-0.4, -0.2) is 43.8 Å². The van der Waals surface area contributed by atoms with Crippen molar-refractivity contribution >= 4 is 50.7 Å². The molecule has 0 heterocycles. The zero-order chi connectivity index (χ0) is 32.6. The standard InChI is InChI=1S/C35H37Cl2N3O4S/c1-4-26(3)38-35(42)32(22-27-15-7-5-8-16-27)39(23-28-17-12-11-14-25(28)2)33(41)24-40(31-21-13-20-30(36)34(31)37)45(43,44)29-18-9-6-10-19-29/h5-21,26,32H,4,22-24H2,1-3H3,(H,38,42)/t26-,32-/m0/s1. The van der Waals surface area contributed by atoms with Gasteiger partial charge in [0.25, 0.3) is 10.0 Å². The number of carbonyl (C=O) groups excluding carboxylic acids is 2. The number of aryl methyl sites for hydroxylation is 1. The van der Waals surface area contributed by atoms with Crippen LogP contribution in [0.5, 0.6) is 0 Å². The van der Waals surface area contributed by atoms with Gasteiger partial charge in [-0.05, 0) is 61.2 Å². The smallest absolute Gasteiger partial charge is 0.264 e. The van der Waals surface area contributed by atoms with Crippen LogP contribution in [0, 0.1) is 6.92 Å². The van der Waals surface area contributed by atoms with Crippen molar-refractivity contribution in [3.05, 3.63) is 130 Å². The minimum absolute atomic E-state index is 0.00715. The van der Waals surface area contributed by atoms with Crippen LogP contribution in [0.15, 0.2) is 108 Å². The fourth-order valence-corrected chi connectivity index (χ4v) is 6.78. The first-order chi connectivity index (χ1) is 21.5. The maximum atomic E-state index is 14.6. The van der Waals surface area contributed by atoms with Crippen molar-refractivity contribution in [2.45, 2.75) is 57.1 Å². The predicted molar refractivity (Wildman–Crippen MR) is 181 cm³/mol. The second-order valence-electron chi connectivity index (χ2n) is 10.9. The van der Waals surface area contributed by atoms with Crippen LogP contribution in [0.1, 0.15) is 37.0 Å². The molecule has 0 spiro atoms. The lowest BCUT2D eigenvalue weighted by atomic mass is 10.0. The van der Waals surface area contributed by atoms with E-state index in [1.165, 1.54) is 23.1 Å². The van der Waals surface area contributed by atoms with E-state index in [2.05, 4.69) is 5.32 Å². The van der Waals surface area contributed by atoms with Crippen molar-refractivity contribution in [2.75, 3.05) is 10.8 Å². The minimum Gasteiger partial charge on any atom is -0.352 e. The van der Waals surface area contributed by atoms with Gasteiger partial charge in [0.15, 0.2) is 0 Å². The third kappa shape index (κ3) is 8.45. The fourth-order valence-electron chi connectivity index (χ4n) is 4.88. The monoisotopic (exact) mass is 665 g/mol. The molecular formula is C35H37Cl2N3O4S. The van der Waals surface area contributed by atoms with Crippen molar-refractivity contribution in [2.24, 2.45) is 0 Å². The summed E-state index contributed by atoms with van der Waals surface area (Å²) in [5, 5.41) is 3.17. The van der Waals surface area contributed by atoms with Gasteiger partial charge in [-0.1, -0.05) is 109 Å². The third-order valence-corrected chi connectivity index (χ3v) is 10.3. The Balaban J connectivity index is 1.84. The number of hydrogen-bond acceptors (Lipinski definition) is 4. The van der Waals surface area contributed by atoms with Gasteiger partial charge >= 0.3 is 0 Å². The van der Waals surface area contributed by atoms with Crippen LogP contribution in [0.2, 0.25) is 10.0 Å². The summed E-state index contributed by atoms with van der Waals surface area (Å²) < 4.78 is 29.2. The molecule has 0 radical (unpaired) electrons. The van der Waals surface area contributed by atoms with Gasteiger partial charge in [-0.25, -0.2) is 8.42 Å². The summed E-state index contributed by atoms with van der Waals surface area (Å²) in [6.07, 6.45) is 0.927. The number of benzene rings is 4. The second-order valence-corrected chi connectivity index (χ2v) is 13.5. The van der Waals surface area contributed by atoms with Crippen LogP contribution in [0.3, 0.4) is 0 Å². The summed E-state index contributed by atoms with van der Waals surface area (Å²) in [6, 6.07) is 28.4. The van der Waals surface area contributed by atoms with E-state index >= 15 is 0 Å². The number of nitrogens with one attached hydrogen (secondary N) is 1. The van der Waals surface area contributed by atoms with Crippen LogP contribution in [-0.2, 0) is 32.6 Å². The SMILES string of the molecule is CC[C@H](C)NC(=O)[C@H](Cc1ccccc1)N(Cc1ccccc1C)C(=O)CN(c1cccc(Cl)c1Cl)S(=O)(=O)c1ccccc1. The Morgan fingerprint density at radius 1 is 0.844 bits per heavy atom. The molecule has 236 valence electrons. The summed E-state index contributed by atoms with van der Waals surface area (Å²) in [5.41, 5.74) is 2.68. The Bertz CT molecular complexity index is 1720. The molecule has 4 rings (SSSR count). The van der Waals surface area contributed by atoms with Gasteiger partial charge in [0.2, 0.25) is 11.8 Å². The highest BCUT2D eigenvalue weighted by atomic mass is 35.5. The number of anilines is 1. The molecule has 0 fully saturated rings. The van der Waals surface area contributed by atoms with Gasteiger partial charge in [-0.2, -0.15) is 0 Å². The van der Waals surface area contributed by atoms with Crippen LogP contribution in [0.25, 0.3) is 0 Å². The Labute approximate surface area is 275 Å². The van der Waals surface area contributed by atoms with E-state index in [0.29, 0.717) is 6.42 Å². The largest absolute Gasteiger partial charge is 0.352 e. The molecule has 0 aliphatic rings. The molecule has 45 heavy (non-hydrogen) atoms. The van der Waals surface area contributed by atoms with Gasteiger partial charge in [-0.3, -0.25) is 13.9 Å². The van der Waals surface area contributed by atoms with Gasteiger partial charge in [0.05, 0.1) is 20.6 Å². The van der Waals surface area contributed by atoms with Gasteiger partial charge in [0.1, 0.15) is 12.6 Å². The molecule has 1 N–H and O–H groups in total. The number of halogens is 2. The molecule has 0 saturated carbocycles. The maximum Gasteiger partial charge on any atom is 0.264 e.